The van der Waals surface area contributed by atoms with Crippen LogP contribution in [0.2, 0.25) is 0 Å². The van der Waals surface area contributed by atoms with E-state index in [-0.39, 0.29) is 0 Å². The van der Waals surface area contributed by atoms with E-state index in [0.29, 0.717) is 0 Å². The monoisotopic (exact) mass is 385 g/mol. The quantitative estimate of drug-likeness (QED) is 0.222. The Morgan fingerprint density at radius 2 is 1.07 bits per heavy atom. The molecule has 0 aliphatic heterocycles. The highest BCUT2D eigenvalue weighted by atomic mass is 14.8. The predicted octanol–water partition coefficient (Wildman–Crippen LogP) is 8.55. The minimum Gasteiger partial charge on any atom is -0.313 e. The normalized spacial score (nSPS) is 11.5. The van der Waals surface area contributed by atoms with E-state index in [1.807, 2.05) is 0 Å². The zero-order valence-electron chi connectivity index (χ0n) is 18.8. The smallest absolute Gasteiger partial charge is 0.0138 e. The Bertz CT molecular complexity index is 437. The first-order chi connectivity index (χ1) is 13.9. The van der Waals surface area contributed by atoms with E-state index < -0.39 is 0 Å². The molecule has 0 fully saturated rings. The zero-order valence-corrected chi connectivity index (χ0v) is 18.8. The van der Waals surface area contributed by atoms with Crippen LogP contribution in [0.1, 0.15) is 115 Å². The van der Waals surface area contributed by atoms with Gasteiger partial charge in [0.05, 0.1) is 0 Å². The molecule has 0 radical (unpaired) electrons. The molecule has 0 aromatic heterocycles. The molecular weight excluding hydrogens is 338 g/mol. The third-order valence-electron chi connectivity index (χ3n) is 5.58. The lowest BCUT2D eigenvalue weighted by Crippen LogP contribution is -2.14. The van der Waals surface area contributed by atoms with Gasteiger partial charge in [0.25, 0.3) is 0 Å². The molecule has 0 aliphatic rings. The van der Waals surface area contributed by atoms with Gasteiger partial charge in [0.2, 0.25) is 0 Å². The molecule has 0 bridgehead atoms. The molecule has 0 unspecified atom stereocenters. The fourth-order valence-electron chi connectivity index (χ4n) is 3.74. The van der Waals surface area contributed by atoms with Gasteiger partial charge in [0.1, 0.15) is 0 Å². The molecule has 0 saturated heterocycles. The van der Waals surface area contributed by atoms with Crippen molar-refractivity contribution in [1.29, 1.82) is 0 Å². The Morgan fingerprint density at radius 1 is 0.607 bits per heavy atom. The Labute approximate surface area is 176 Å². The molecule has 0 saturated carbocycles. The molecule has 1 heteroatoms. The maximum absolute atomic E-state index is 3.52. The van der Waals surface area contributed by atoms with Crippen LogP contribution < -0.4 is 5.32 Å². The number of nitrogens with one attached hydrogen (secondary N) is 1. The summed E-state index contributed by atoms with van der Waals surface area (Å²) in [5.41, 5.74) is 1.28. The van der Waals surface area contributed by atoms with Crippen molar-refractivity contribution in [1.82, 2.24) is 5.32 Å². The molecule has 0 aliphatic carbocycles. The average Bonchev–Trinajstić information content (AvgIpc) is 2.73. The summed E-state index contributed by atoms with van der Waals surface area (Å²) in [6.45, 7) is 4.43. The highest BCUT2D eigenvalue weighted by Gasteiger charge is 1.94. The van der Waals surface area contributed by atoms with Crippen LogP contribution in [0.15, 0.2) is 36.4 Å². The van der Waals surface area contributed by atoms with E-state index in [0.717, 1.165) is 13.1 Å². The van der Waals surface area contributed by atoms with Crippen molar-refractivity contribution in [3.63, 3.8) is 0 Å². The van der Waals surface area contributed by atoms with Crippen LogP contribution in [-0.2, 0) is 0 Å². The van der Waals surface area contributed by atoms with Crippen molar-refractivity contribution in [3.05, 3.63) is 42.0 Å². The molecule has 1 aromatic carbocycles. The summed E-state index contributed by atoms with van der Waals surface area (Å²) >= 11 is 0. The maximum atomic E-state index is 3.52. The lowest BCUT2D eigenvalue weighted by Gasteiger charge is -2.04. The highest BCUT2D eigenvalue weighted by molar-refractivity contribution is 5.48. The molecule has 28 heavy (non-hydrogen) atoms. The molecule has 0 spiro atoms. The summed E-state index contributed by atoms with van der Waals surface area (Å²) in [6.07, 6.45) is 27.4. The first-order valence-electron chi connectivity index (χ1n) is 12.4. The largest absolute Gasteiger partial charge is 0.313 e. The number of unbranched alkanes of at least 4 members (excludes halogenated alkanes) is 15. The van der Waals surface area contributed by atoms with Gasteiger partial charge >= 0.3 is 0 Å². The topological polar surface area (TPSA) is 12.0 Å². The second kappa shape index (κ2) is 20.6. The second-order valence-corrected chi connectivity index (χ2v) is 8.32. The number of rotatable bonds is 20. The van der Waals surface area contributed by atoms with E-state index in [4.69, 9.17) is 0 Å². The molecule has 1 aromatic rings. The van der Waals surface area contributed by atoms with E-state index in [1.54, 1.807) is 0 Å². The van der Waals surface area contributed by atoms with Gasteiger partial charge in [-0.25, -0.2) is 0 Å². The number of hydrogen-bond donors (Lipinski definition) is 1. The van der Waals surface area contributed by atoms with Gasteiger partial charge in [-0.05, 0) is 18.5 Å². The average molecular weight is 386 g/mol. The Hall–Kier alpha value is -1.08. The Kier molecular flexibility index (Phi) is 18.4. The summed E-state index contributed by atoms with van der Waals surface area (Å²) < 4.78 is 0. The Morgan fingerprint density at radius 3 is 1.57 bits per heavy atom. The third-order valence-corrected chi connectivity index (χ3v) is 5.58. The van der Waals surface area contributed by atoms with Gasteiger partial charge in [-0.1, -0.05) is 146 Å². The van der Waals surface area contributed by atoms with Crippen LogP contribution in [0.4, 0.5) is 0 Å². The van der Waals surface area contributed by atoms with Crippen LogP contribution in [0, 0.1) is 0 Å². The van der Waals surface area contributed by atoms with Crippen LogP contribution in [0.25, 0.3) is 6.08 Å². The summed E-state index contributed by atoms with van der Waals surface area (Å²) in [4.78, 5) is 0. The highest BCUT2D eigenvalue weighted by Crippen LogP contribution is 2.13. The van der Waals surface area contributed by atoms with Gasteiger partial charge in [-0.2, -0.15) is 0 Å². The van der Waals surface area contributed by atoms with Gasteiger partial charge in [-0.15, -0.1) is 0 Å². The molecular formula is C27H47N. The van der Waals surface area contributed by atoms with Crippen LogP contribution in [0.3, 0.4) is 0 Å². The van der Waals surface area contributed by atoms with Crippen molar-refractivity contribution in [2.45, 2.75) is 110 Å². The minimum atomic E-state index is 0.980. The van der Waals surface area contributed by atoms with Crippen molar-refractivity contribution < 1.29 is 0 Å². The summed E-state index contributed by atoms with van der Waals surface area (Å²) in [5.74, 6) is 0. The van der Waals surface area contributed by atoms with Crippen molar-refractivity contribution in [2.75, 3.05) is 13.1 Å². The SMILES string of the molecule is CCCCCCCCCCCCCCCCCCNC/C=C/c1ccccc1. The van der Waals surface area contributed by atoms with E-state index in [1.165, 1.54) is 108 Å². The van der Waals surface area contributed by atoms with Gasteiger partial charge in [0.15, 0.2) is 0 Å². The predicted molar refractivity (Wildman–Crippen MR) is 128 cm³/mol. The zero-order chi connectivity index (χ0) is 20.0. The number of hydrogen-bond acceptors (Lipinski definition) is 1. The van der Waals surface area contributed by atoms with Crippen molar-refractivity contribution in [2.24, 2.45) is 0 Å². The first kappa shape index (κ1) is 25.0. The van der Waals surface area contributed by atoms with Gasteiger partial charge in [0, 0.05) is 6.54 Å². The third kappa shape index (κ3) is 17.0. The van der Waals surface area contributed by atoms with Gasteiger partial charge < -0.3 is 5.32 Å². The summed E-state index contributed by atoms with van der Waals surface area (Å²) in [7, 11) is 0. The molecule has 1 N–H and O–H groups in total. The molecule has 1 nitrogen and oxygen atoms in total. The molecule has 0 atom stereocenters. The van der Waals surface area contributed by atoms with E-state index in [2.05, 4.69) is 54.7 Å². The van der Waals surface area contributed by atoms with E-state index >= 15 is 0 Å². The fourth-order valence-corrected chi connectivity index (χ4v) is 3.74. The fraction of sp³-hybridized carbons (Fsp3) is 0.704. The lowest BCUT2D eigenvalue weighted by molar-refractivity contribution is 0.527. The van der Waals surface area contributed by atoms with Crippen LogP contribution in [-0.4, -0.2) is 13.1 Å². The summed E-state index contributed by atoms with van der Waals surface area (Å²) in [6, 6.07) is 10.5. The minimum absolute atomic E-state index is 0.980. The Balaban J connectivity index is 1.70. The lowest BCUT2D eigenvalue weighted by atomic mass is 10.0. The molecule has 0 heterocycles. The molecule has 1 rings (SSSR count). The first-order valence-corrected chi connectivity index (χ1v) is 12.4. The maximum Gasteiger partial charge on any atom is 0.0138 e. The standard InChI is InChI=1S/C27H47N/c1-2-3-4-5-6-7-8-9-10-11-12-13-14-15-16-20-25-28-26-21-24-27-22-18-17-19-23-27/h17-19,21-24,28H,2-16,20,25-26H2,1H3/b24-21+. The molecule has 160 valence electrons. The number of benzene rings is 1. The second-order valence-electron chi connectivity index (χ2n) is 8.32. The van der Waals surface area contributed by atoms with Crippen LogP contribution >= 0.6 is 0 Å². The van der Waals surface area contributed by atoms with Crippen LogP contribution in [0.5, 0.6) is 0 Å². The van der Waals surface area contributed by atoms with E-state index in [9.17, 15) is 0 Å². The molecule has 0 amide bonds. The van der Waals surface area contributed by atoms with Crippen molar-refractivity contribution in [3.8, 4) is 0 Å². The van der Waals surface area contributed by atoms with Gasteiger partial charge in [-0.3, -0.25) is 0 Å². The van der Waals surface area contributed by atoms with Crippen molar-refractivity contribution >= 4 is 6.08 Å². The summed E-state index contributed by atoms with van der Waals surface area (Å²) in [5, 5.41) is 3.52.